The van der Waals surface area contributed by atoms with Gasteiger partial charge in [0.25, 0.3) is 11.8 Å². The summed E-state index contributed by atoms with van der Waals surface area (Å²) in [6.45, 7) is 5.51. The van der Waals surface area contributed by atoms with E-state index in [1.165, 1.54) is 0 Å². The molecule has 0 aliphatic heterocycles. The van der Waals surface area contributed by atoms with Gasteiger partial charge in [-0.2, -0.15) is 0 Å². The minimum Gasteiger partial charge on any atom is -0.455 e. The number of carbonyl (C=O) groups excluding carboxylic acids is 3. The van der Waals surface area contributed by atoms with Crippen LogP contribution in [0.3, 0.4) is 0 Å². The van der Waals surface area contributed by atoms with Crippen LogP contribution in [0.2, 0.25) is 0 Å². The van der Waals surface area contributed by atoms with Crippen molar-refractivity contribution in [2.45, 2.75) is 33.1 Å². The van der Waals surface area contributed by atoms with E-state index in [2.05, 4.69) is 29.6 Å². The number of hydrogen-bond acceptors (Lipinski definition) is 5. The first kappa shape index (κ1) is 18.8. The molecule has 2 rings (SSSR count). The van der Waals surface area contributed by atoms with Gasteiger partial charge in [0.15, 0.2) is 6.61 Å². The number of hydrogen-bond donors (Lipinski definition) is 2. The van der Waals surface area contributed by atoms with Gasteiger partial charge >= 0.3 is 5.97 Å². The first-order valence-corrected chi connectivity index (χ1v) is 8.66. The Kier molecular flexibility index (Phi) is 6.80. The van der Waals surface area contributed by atoms with Crippen LogP contribution in [0.25, 0.3) is 0 Å². The summed E-state index contributed by atoms with van der Waals surface area (Å²) in [7, 11) is 0. The van der Waals surface area contributed by atoms with Gasteiger partial charge in [-0.25, -0.2) is 0 Å². The average Bonchev–Trinajstić information content (AvgIpc) is 2.58. The Balaban J connectivity index is 1.75. The Bertz CT molecular complexity index is 607. The van der Waals surface area contributed by atoms with Gasteiger partial charge in [0.2, 0.25) is 0 Å². The summed E-state index contributed by atoms with van der Waals surface area (Å²) in [5, 5.41) is 0. The number of benzene rings is 1. The lowest BCUT2D eigenvalue weighted by Gasteiger charge is -2.22. The van der Waals surface area contributed by atoms with Gasteiger partial charge in [0, 0.05) is 24.3 Å². The fourth-order valence-corrected chi connectivity index (χ4v) is 2.55. The monoisotopic (exact) mass is 347 g/mol. The zero-order valence-electron chi connectivity index (χ0n) is 14.7. The van der Waals surface area contributed by atoms with Gasteiger partial charge < -0.3 is 9.64 Å². The van der Waals surface area contributed by atoms with Crippen molar-refractivity contribution in [3.05, 3.63) is 29.8 Å². The Hall–Kier alpha value is -2.57. The summed E-state index contributed by atoms with van der Waals surface area (Å²) in [5.74, 6) is -1.42. The molecule has 1 aromatic rings. The predicted octanol–water partition coefficient (Wildman–Crippen LogP) is 1.64. The van der Waals surface area contributed by atoms with Crippen molar-refractivity contribution in [2.75, 3.05) is 24.6 Å². The first-order valence-electron chi connectivity index (χ1n) is 8.66. The van der Waals surface area contributed by atoms with E-state index in [1.54, 1.807) is 12.1 Å². The van der Waals surface area contributed by atoms with Crippen LogP contribution >= 0.6 is 0 Å². The zero-order valence-corrected chi connectivity index (χ0v) is 14.7. The highest BCUT2D eigenvalue weighted by Gasteiger charge is 2.27. The highest BCUT2D eigenvalue weighted by Crippen LogP contribution is 2.27. The van der Waals surface area contributed by atoms with Gasteiger partial charge in [-0.3, -0.25) is 25.2 Å². The smallest absolute Gasteiger partial charge is 0.309 e. The zero-order chi connectivity index (χ0) is 18.2. The minimum atomic E-state index is -0.569. The number of rotatable bonds is 7. The molecule has 0 bridgehead atoms. The molecular formula is C18H25N3O4. The second kappa shape index (κ2) is 9.05. The lowest BCUT2D eigenvalue weighted by atomic mass is 9.86. The number of nitrogens with zero attached hydrogens (tertiary/aromatic N) is 1. The molecule has 0 spiro atoms. The van der Waals surface area contributed by atoms with Gasteiger partial charge in [-0.1, -0.05) is 6.42 Å². The lowest BCUT2D eigenvalue weighted by Crippen LogP contribution is -2.44. The molecule has 7 heteroatoms. The fourth-order valence-electron chi connectivity index (χ4n) is 2.55. The molecule has 0 heterocycles. The van der Waals surface area contributed by atoms with Gasteiger partial charge in [0.05, 0.1) is 5.92 Å². The lowest BCUT2D eigenvalue weighted by molar-refractivity contribution is -0.155. The van der Waals surface area contributed by atoms with Crippen LogP contribution in [-0.4, -0.2) is 37.5 Å². The molecule has 1 aromatic carbocycles. The fraction of sp³-hybridized carbons (Fsp3) is 0.500. The topological polar surface area (TPSA) is 87.7 Å². The predicted molar refractivity (Wildman–Crippen MR) is 93.9 cm³/mol. The van der Waals surface area contributed by atoms with Crippen LogP contribution in [0, 0.1) is 5.92 Å². The maximum absolute atomic E-state index is 12.0. The van der Waals surface area contributed by atoms with E-state index in [0.29, 0.717) is 5.56 Å². The standard InChI is InChI=1S/C18H25N3O4/c1-3-21(4-2)15-10-8-13(9-11-15)17(23)20-19-16(22)12-25-18(24)14-6-5-7-14/h8-11,14H,3-7,12H2,1-2H3,(H,19,22)(H,20,23). The molecule has 1 fully saturated rings. The molecule has 1 aliphatic carbocycles. The van der Waals surface area contributed by atoms with E-state index in [9.17, 15) is 14.4 Å². The van der Waals surface area contributed by atoms with Crippen LogP contribution in [0.5, 0.6) is 0 Å². The second-order valence-corrected chi connectivity index (χ2v) is 5.96. The summed E-state index contributed by atoms with van der Waals surface area (Å²) >= 11 is 0. The molecule has 0 unspecified atom stereocenters. The quantitative estimate of drug-likeness (QED) is 0.578. The van der Waals surface area contributed by atoms with E-state index in [1.807, 2.05) is 12.1 Å². The highest BCUT2D eigenvalue weighted by molar-refractivity contribution is 5.95. The van der Waals surface area contributed by atoms with Crippen LogP contribution < -0.4 is 15.8 Å². The molecule has 0 saturated heterocycles. The van der Waals surface area contributed by atoms with Crippen LogP contribution in [0.1, 0.15) is 43.5 Å². The van der Waals surface area contributed by atoms with Gasteiger partial charge in [-0.15, -0.1) is 0 Å². The van der Waals surface area contributed by atoms with Crippen molar-refractivity contribution in [3.8, 4) is 0 Å². The Morgan fingerprint density at radius 3 is 2.24 bits per heavy atom. The summed E-state index contributed by atoms with van der Waals surface area (Å²) < 4.78 is 4.90. The maximum atomic E-state index is 12.0. The van der Waals surface area contributed by atoms with Crippen molar-refractivity contribution < 1.29 is 19.1 Å². The molecule has 25 heavy (non-hydrogen) atoms. The third-order valence-corrected chi connectivity index (χ3v) is 4.36. The molecule has 0 aromatic heterocycles. The number of carbonyl (C=O) groups is 3. The van der Waals surface area contributed by atoms with E-state index in [0.717, 1.165) is 38.0 Å². The molecule has 1 aliphatic rings. The van der Waals surface area contributed by atoms with E-state index in [4.69, 9.17) is 4.74 Å². The largest absolute Gasteiger partial charge is 0.455 e. The Labute approximate surface area is 147 Å². The van der Waals surface area contributed by atoms with Crippen molar-refractivity contribution in [2.24, 2.45) is 5.92 Å². The average molecular weight is 347 g/mol. The van der Waals surface area contributed by atoms with Gasteiger partial charge in [-0.05, 0) is 51.0 Å². The highest BCUT2D eigenvalue weighted by atomic mass is 16.5. The second-order valence-electron chi connectivity index (χ2n) is 5.96. The third-order valence-electron chi connectivity index (χ3n) is 4.36. The van der Waals surface area contributed by atoms with E-state index >= 15 is 0 Å². The van der Waals surface area contributed by atoms with Gasteiger partial charge in [0.1, 0.15) is 0 Å². The molecule has 7 nitrogen and oxygen atoms in total. The minimum absolute atomic E-state index is 0.0771. The number of anilines is 1. The first-order chi connectivity index (χ1) is 12.0. The Morgan fingerprint density at radius 1 is 1.08 bits per heavy atom. The molecular weight excluding hydrogens is 322 g/mol. The van der Waals surface area contributed by atoms with Crippen LogP contribution in [0.15, 0.2) is 24.3 Å². The summed E-state index contributed by atoms with van der Waals surface area (Å²) in [6, 6.07) is 7.13. The van der Waals surface area contributed by atoms with Crippen LogP contribution in [-0.2, 0) is 14.3 Å². The van der Waals surface area contributed by atoms with Crippen LogP contribution in [0.4, 0.5) is 5.69 Å². The molecule has 136 valence electrons. The number of hydrazine groups is 1. The number of esters is 1. The number of ether oxygens (including phenoxy) is 1. The molecule has 2 N–H and O–H groups in total. The van der Waals surface area contributed by atoms with E-state index in [-0.39, 0.29) is 11.9 Å². The summed E-state index contributed by atoms with van der Waals surface area (Å²) in [5.41, 5.74) is 6.03. The van der Waals surface area contributed by atoms with Crippen molar-refractivity contribution in [3.63, 3.8) is 0 Å². The summed E-state index contributed by atoms with van der Waals surface area (Å²) in [6.07, 6.45) is 2.66. The van der Waals surface area contributed by atoms with Crippen molar-refractivity contribution in [1.82, 2.24) is 10.9 Å². The van der Waals surface area contributed by atoms with Crippen molar-refractivity contribution >= 4 is 23.5 Å². The molecule has 2 amide bonds. The third kappa shape index (κ3) is 5.20. The summed E-state index contributed by atoms with van der Waals surface area (Å²) in [4.78, 5) is 37.3. The normalized spacial score (nSPS) is 13.5. The van der Waals surface area contributed by atoms with Crippen molar-refractivity contribution in [1.29, 1.82) is 0 Å². The maximum Gasteiger partial charge on any atom is 0.309 e. The molecule has 0 atom stereocenters. The molecule has 1 saturated carbocycles. The number of nitrogens with one attached hydrogen (secondary N) is 2. The SMILES string of the molecule is CCN(CC)c1ccc(C(=O)NNC(=O)COC(=O)C2CCC2)cc1. The van der Waals surface area contributed by atoms with E-state index < -0.39 is 18.4 Å². The number of amides is 2. The molecule has 0 radical (unpaired) electrons. The Morgan fingerprint density at radius 2 is 1.72 bits per heavy atom.